The fourth-order valence-electron chi connectivity index (χ4n) is 5.43. The van der Waals surface area contributed by atoms with Gasteiger partial charge in [-0.2, -0.15) is 0 Å². The molecule has 7 rings (SSSR count). The van der Waals surface area contributed by atoms with E-state index in [0.717, 1.165) is 46.6 Å². The van der Waals surface area contributed by atoms with Gasteiger partial charge in [0.15, 0.2) is 11.5 Å². The predicted molar refractivity (Wildman–Crippen MR) is 154 cm³/mol. The number of ether oxygens (including phenoxy) is 1. The van der Waals surface area contributed by atoms with Crippen LogP contribution in [0.15, 0.2) is 89.3 Å². The Morgan fingerprint density at radius 3 is 2.50 bits per heavy atom. The molecule has 2 aromatic heterocycles. The fraction of sp³-hybridized carbons (Fsp3) is 0.226. The number of nitrogens with zero attached hydrogens (tertiary/aromatic N) is 5. The SMILES string of the molecule is O=C1Cc2ccccc2N(c2ccccc2)C[C@@H]1Nc1nnc(-c2nc3ccccc3cc2N2CCOCC2)o1. The number of pyridine rings is 1. The number of carbonyl (C=O) groups is 1. The molecule has 1 fully saturated rings. The van der Waals surface area contributed by atoms with Gasteiger partial charge in [-0.25, -0.2) is 4.98 Å². The number of Topliss-reactive ketones (excluding diaryl/α,β-unsaturated/α-hetero) is 1. The van der Waals surface area contributed by atoms with E-state index in [1.54, 1.807) is 0 Å². The molecule has 0 amide bonds. The lowest BCUT2D eigenvalue weighted by Crippen LogP contribution is -2.39. The Labute approximate surface area is 231 Å². The number of para-hydroxylation sites is 3. The monoisotopic (exact) mass is 532 g/mol. The number of aromatic nitrogens is 3. The summed E-state index contributed by atoms with van der Waals surface area (Å²) in [4.78, 5) is 22.7. The number of carbonyl (C=O) groups excluding carboxylic acids is 1. The summed E-state index contributed by atoms with van der Waals surface area (Å²) >= 11 is 0. The first kappa shape index (κ1) is 24.3. The summed E-state index contributed by atoms with van der Waals surface area (Å²) in [6.07, 6.45) is 0.311. The average Bonchev–Trinajstić information content (AvgIpc) is 3.43. The molecule has 1 N–H and O–H groups in total. The summed E-state index contributed by atoms with van der Waals surface area (Å²) in [5.41, 5.74) is 5.41. The highest BCUT2D eigenvalue weighted by atomic mass is 16.5. The van der Waals surface area contributed by atoms with Crippen LogP contribution >= 0.6 is 0 Å². The molecule has 1 atom stereocenters. The molecule has 40 heavy (non-hydrogen) atoms. The van der Waals surface area contributed by atoms with Gasteiger partial charge in [-0.3, -0.25) is 4.79 Å². The minimum absolute atomic E-state index is 0.0588. The van der Waals surface area contributed by atoms with Gasteiger partial charge < -0.3 is 24.3 Å². The summed E-state index contributed by atoms with van der Waals surface area (Å²) < 4.78 is 11.7. The van der Waals surface area contributed by atoms with Gasteiger partial charge in [-0.15, -0.1) is 5.10 Å². The Bertz CT molecular complexity index is 1660. The van der Waals surface area contributed by atoms with E-state index in [4.69, 9.17) is 14.1 Å². The zero-order valence-corrected chi connectivity index (χ0v) is 21.9. The van der Waals surface area contributed by atoms with Crippen LogP contribution in [0.5, 0.6) is 0 Å². The molecule has 0 aliphatic carbocycles. The maximum absolute atomic E-state index is 13.4. The maximum Gasteiger partial charge on any atom is 0.316 e. The van der Waals surface area contributed by atoms with Crippen LogP contribution in [0.2, 0.25) is 0 Å². The zero-order valence-electron chi connectivity index (χ0n) is 21.9. The van der Waals surface area contributed by atoms with Crippen LogP contribution in [0.4, 0.5) is 23.1 Å². The van der Waals surface area contributed by atoms with Crippen LogP contribution in [0.3, 0.4) is 0 Å². The lowest BCUT2D eigenvalue weighted by atomic mass is 10.0. The molecule has 5 aromatic rings. The predicted octanol–water partition coefficient (Wildman–Crippen LogP) is 4.87. The maximum atomic E-state index is 13.4. The summed E-state index contributed by atoms with van der Waals surface area (Å²) in [6.45, 7) is 3.21. The first-order valence-electron chi connectivity index (χ1n) is 13.5. The molecule has 2 aliphatic heterocycles. The van der Waals surface area contributed by atoms with Gasteiger partial charge in [0.25, 0.3) is 5.89 Å². The molecule has 0 unspecified atom stereocenters. The Morgan fingerprint density at radius 2 is 1.62 bits per heavy atom. The van der Waals surface area contributed by atoms with Crippen molar-refractivity contribution in [3.05, 3.63) is 90.5 Å². The molecule has 0 bridgehead atoms. The smallest absolute Gasteiger partial charge is 0.316 e. The first-order chi connectivity index (χ1) is 19.7. The molecule has 2 aliphatic rings. The van der Waals surface area contributed by atoms with Crippen molar-refractivity contribution in [3.8, 4) is 11.6 Å². The van der Waals surface area contributed by atoms with Crippen LogP contribution in [-0.4, -0.2) is 59.9 Å². The third-order valence-corrected chi connectivity index (χ3v) is 7.45. The summed E-state index contributed by atoms with van der Waals surface area (Å²) in [5, 5.41) is 12.9. The van der Waals surface area contributed by atoms with E-state index >= 15 is 0 Å². The van der Waals surface area contributed by atoms with Crippen molar-refractivity contribution in [1.82, 2.24) is 15.2 Å². The number of hydrogen-bond donors (Lipinski definition) is 1. The molecule has 1 saturated heterocycles. The Morgan fingerprint density at radius 1 is 0.850 bits per heavy atom. The summed E-state index contributed by atoms with van der Waals surface area (Å²) in [5.74, 6) is 0.363. The number of fused-ring (bicyclic) bond motifs is 2. The lowest BCUT2D eigenvalue weighted by Gasteiger charge is -2.29. The van der Waals surface area contributed by atoms with Crippen molar-refractivity contribution in [2.24, 2.45) is 0 Å². The van der Waals surface area contributed by atoms with Crippen molar-refractivity contribution in [2.75, 3.05) is 48.0 Å². The number of hydrogen-bond acceptors (Lipinski definition) is 9. The third-order valence-electron chi connectivity index (χ3n) is 7.45. The van der Waals surface area contributed by atoms with Crippen LogP contribution in [-0.2, 0) is 16.0 Å². The van der Waals surface area contributed by atoms with Gasteiger partial charge in [0, 0.05) is 36.3 Å². The number of anilines is 4. The number of ketones is 1. The summed E-state index contributed by atoms with van der Waals surface area (Å²) in [6, 6.07) is 27.9. The standard InChI is InChI=1S/C31H28N6O3/c38-28-19-22-9-5-7-13-26(22)37(23-10-2-1-3-11-23)20-25(28)33-31-35-34-30(40-31)29-27(36-14-16-39-17-15-36)18-21-8-4-6-12-24(21)32-29/h1-13,18,25H,14-17,19-20H2,(H,33,35)/t25-/m0/s1. The van der Waals surface area contributed by atoms with Crippen LogP contribution < -0.4 is 15.1 Å². The number of benzene rings is 3. The van der Waals surface area contributed by atoms with Gasteiger partial charge in [0.1, 0.15) is 6.04 Å². The van der Waals surface area contributed by atoms with Crippen molar-refractivity contribution >= 4 is 39.8 Å². The van der Waals surface area contributed by atoms with E-state index < -0.39 is 6.04 Å². The van der Waals surface area contributed by atoms with Gasteiger partial charge in [-0.05, 0) is 35.9 Å². The van der Waals surface area contributed by atoms with Crippen molar-refractivity contribution < 1.29 is 13.9 Å². The minimum atomic E-state index is -0.552. The molecule has 9 nitrogen and oxygen atoms in total. The van der Waals surface area contributed by atoms with Crippen LogP contribution in [0.1, 0.15) is 5.56 Å². The van der Waals surface area contributed by atoms with E-state index in [-0.39, 0.29) is 11.8 Å². The fourth-order valence-corrected chi connectivity index (χ4v) is 5.43. The molecule has 0 radical (unpaired) electrons. The quantitative estimate of drug-likeness (QED) is 0.340. The van der Waals surface area contributed by atoms with Crippen LogP contribution in [0, 0.1) is 0 Å². The number of nitrogens with one attached hydrogen (secondary N) is 1. The van der Waals surface area contributed by atoms with Gasteiger partial charge >= 0.3 is 6.01 Å². The number of morpholine rings is 1. The minimum Gasteiger partial charge on any atom is -0.402 e. The highest BCUT2D eigenvalue weighted by molar-refractivity contribution is 5.92. The second-order valence-electron chi connectivity index (χ2n) is 9.98. The van der Waals surface area contributed by atoms with Crippen LogP contribution in [0.25, 0.3) is 22.5 Å². The van der Waals surface area contributed by atoms with Crippen molar-refractivity contribution in [1.29, 1.82) is 0 Å². The summed E-state index contributed by atoms with van der Waals surface area (Å²) in [7, 11) is 0. The van der Waals surface area contributed by atoms with Crippen molar-refractivity contribution in [3.63, 3.8) is 0 Å². The lowest BCUT2D eigenvalue weighted by molar-refractivity contribution is -0.118. The second-order valence-corrected chi connectivity index (χ2v) is 9.98. The topological polar surface area (TPSA) is 96.6 Å². The molecule has 200 valence electrons. The van der Waals surface area contributed by atoms with Gasteiger partial charge in [0.2, 0.25) is 0 Å². The molecule has 0 saturated carbocycles. The normalized spacial score (nSPS) is 17.5. The Balaban J connectivity index is 1.21. The largest absolute Gasteiger partial charge is 0.402 e. The highest BCUT2D eigenvalue weighted by Gasteiger charge is 2.30. The van der Waals surface area contributed by atoms with E-state index in [1.165, 1.54) is 0 Å². The molecule has 0 spiro atoms. The first-order valence-corrected chi connectivity index (χ1v) is 13.5. The molecule has 9 heteroatoms. The van der Waals surface area contributed by atoms with E-state index in [0.29, 0.717) is 37.8 Å². The third kappa shape index (κ3) is 4.65. The molecule has 4 heterocycles. The molecule has 3 aromatic carbocycles. The zero-order chi connectivity index (χ0) is 26.9. The van der Waals surface area contributed by atoms with E-state index in [1.807, 2.05) is 72.8 Å². The second kappa shape index (κ2) is 10.4. The Kier molecular flexibility index (Phi) is 6.33. The van der Waals surface area contributed by atoms with Gasteiger partial charge in [-0.1, -0.05) is 59.7 Å². The highest BCUT2D eigenvalue weighted by Crippen LogP contribution is 2.35. The average molecular weight is 533 g/mol. The molecular weight excluding hydrogens is 504 g/mol. The van der Waals surface area contributed by atoms with Crippen molar-refractivity contribution in [2.45, 2.75) is 12.5 Å². The Hall–Kier alpha value is -4.76. The molecular formula is C31H28N6O3. The van der Waals surface area contributed by atoms with E-state index in [9.17, 15) is 4.79 Å². The van der Waals surface area contributed by atoms with E-state index in [2.05, 4.69) is 37.4 Å². The van der Waals surface area contributed by atoms with Gasteiger partial charge in [0.05, 0.1) is 31.0 Å². The number of rotatable bonds is 5.